The van der Waals surface area contributed by atoms with Crippen LogP contribution in [0, 0.1) is 11.3 Å². The number of fused-ring (bicyclic) bond motifs is 3. The lowest BCUT2D eigenvalue weighted by molar-refractivity contribution is 0.206. The number of pyridine rings is 1. The number of benzene rings is 1. The summed E-state index contributed by atoms with van der Waals surface area (Å²) in [4.78, 5) is 21.9. The van der Waals surface area contributed by atoms with Gasteiger partial charge in [-0.3, -0.25) is 0 Å². The quantitative estimate of drug-likeness (QED) is 0.701. The van der Waals surface area contributed by atoms with Crippen LogP contribution in [0.3, 0.4) is 0 Å². The second kappa shape index (κ2) is 6.11. The van der Waals surface area contributed by atoms with Gasteiger partial charge in [0.25, 0.3) is 0 Å². The van der Waals surface area contributed by atoms with Crippen molar-refractivity contribution >= 4 is 34.4 Å². The number of halogens is 1. The summed E-state index contributed by atoms with van der Waals surface area (Å²) in [5.74, 6) is 0. The van der Waals surface area contributed by atoms with Crippen molar-refractivity contribution in [1.82, 2.24) is 14.9 Å². The molecular formula is C18H14ClN5O. The number of anilines is 1. The molecule has 0 fully saturated rings. The molecule has 2 aromatic heterocycles. The Morgan fingerprint density at radius 3 is 2.92 bits per heavy atom. The van der Waals surface area contributed by atoms with Gasteiger partial charge < -0.3 is 15.2 Å². The Kier molecular flexibility index (Phi) is 3.79. The summed E-state index contributed by atoms with van der Waals surface area (Å²) in [5.41, 5.74) is 4.18. The molecule has 124 valence electrons. The van der Waals surface area contributed by atoms with Crippen LogP contribution in [0.15, 0.2) is 36.5 Å². The minimum atomic E-state index is -0.167. The summed E-state index contributed by atoms with van der Waals surface area (Å²) in [6.45, 7) is 1.12. The third-order valence-corrected chi connectivity index (χ3v) is 4.55. The molecule has 1 aromatic carbocycles. The minimum Gasteiger partial charge on any atom is -0.343 e. The van der Waals surface area contributed by atoms with Gasteiger partial charge in [-0.1, -0.05) is 11.6 Å². The van der Waals surface area contributed by atoms with Crippen molar-refractivity contribution < 1.29 is 4.79 Å². The maximum Gasteiger partial charge on any atom is 0.322 e. The lowest BCUT2D eigenvalue weighted by Crippen LogP contribution is -2.38. The topological polar surface area (TPSA) is 84.8 Å². The van der Waals surface area contributed by atoms with Crippen LogP contribution in [-0.2, 0) is 13.0 Å². The first-order valence-electron chi connectivity index (χ1n) is 7.85. The molecule has 0 unspecified atom stereocenters. The fourth-order valence-electron chi connectivity index (χ4n) is 3.06. The van der Waals surface area contributed by atoms with Crippen LogP contribution >= 0.6 is 11.6 Å². The molecule has 0 radical (unpaired) electrons. The van der Waals surface area contributed by atoms with E-state index < -0.39 is 0 Å². The van der Waals surface area contributed by atoms with E-state index in [9.17, 15) is 4.79 Å². The van der Waals surface area contributed by atoms with Crippen LogP contribution in [0.4, 0.5) is 10.5 Å². The van der Waals surface area contributed by atoms with Crippen molar-refractivity contribution in [1.29, 1.82) is 5.26 Å². The van der Waals surface area contributed by atoms with Gasteiger partial charge in [0, 0.05) is 48.0 Å². The molecule has 0 aliphatic carbocycles. The number of amides is 2. The molecule has 0 atom stereocenters. The average molecular weight is 352 g/mol. The van der Waals surface area contributed by atoms with Gasteiger partial charge in [0.2, 0.25) is 0 Å². The van der Waals surface area contributed by atoms with Crippen LogP contribution in [0.25, 0.3) is 11.0 Å². The van der Waals surface area contributed by atoms with Crippen molar-refractivity contribution in [3.05, 3.63) is 58.4 Å². The predicted molar refractivity (Wildman–Crippen MR) is 95.4 cm³/mol. The first-order valence-corrected chi connectivity index (χ1v) is 8.23. The minimum absolute atomic E-state index is 0.167. The van der Waals surface area contributed by atoms with Gasteiger partial charge in [-0.15, -0.1) is 0 Å². The third kappa shape index (κ3) is 2.90. The molecule has 4 rings (SSSR count). The molecule has 0 spiro atoms. The van der Waals surface area contributed by atoms with Crippen LogP contribution in [-0.4, -0.2) is 27.4 Å². The highest BCUT2D eigenvalue weighted by molar-refractivity contribution is 6.31. The number of rotatable bonds is 1. The maximum atomic E-state index is 12.6. The largest absolute Gasteiger partial charge is 0.343 e. The Bertz CT molecular complexity index is 1000. The summed E-state index contributed by atoms with van der Waals surface area (Å²) in [6.07, 6.45) is 2.35. The van der Waals surface area contributed by atoms with Gasteiger partial charge >= 0.3 is 6.03 Å². The summed E-state index contributed by atoms with van der Waals surface area (Å²) in [5, 5.41) is 13.2. The number of nitrogens with one attached hydrogen (secondary N) is 2. The summed E-state index contributed by atoms with van der Waals surface area (Å²) >= 11 is 6.06. The smallest absolute Gasteiger partial charge is 0.322 e. The number of carbonyl (C=O) groups excluding carboxylic acids is 1. The summed E-state index contributed by atoms with van der Waals surface area (Å²) < 4.78 is 0. The first kappa shape index (κ1) is 15.5. The van der Waals surface area contributed by atoms with E-state index in [2.05, 4.69) is 21.4 Å². The van der Waals surface area contributed by atoms with E-state index in [1.165, 1.54) is 0 Å². The van der Waals surface area contributed by atoms with Gasteiger partial charge in [-0.2, -0.15) is 5.26 Å². The predicted octanol–water partition coefficient (Wildman–Crippen LogP) is 3.68. The fourth-order valence-corrected chi connectivity index (χ4v) is 3.22. The monoisotopic (exact) mass is 351 g/mol. The Balaban J connectivity index is 1.55. The Hall–Kier alpha value is -3.04. The molecule has 0 saturated heterocycles. The number of H-pyrrole nitrogens is 1. The molecule has 0 bridgehead atoms. The van der Waals surface area contributed by atoms with Crippen LogP contribution < -0.4 is 5.32 Å². The van der Waals surface area contributed by atoms with Gasteiger partial charge in [0.15, 0.2) is 0 Å². The number of carbonyl (C=O) groups is 1. The van der Waals surface area contributed by atoms with Crippen molar-refractivity contribution in [2.75, 3.05) is 11.9 Å². The molecule has 6 nitrogen and oxygen atoms in total. The molecule has 1 aliphatic heterocycles. The molecule has 7 heteroatoms. The molecule has 3 aromatic rings. The van der Waals surface area contributed by atoms with E-state index in [0.29, 0.717) is 29.4 Å². The van der Waals surface area contributed by atoms with Crippen molar-refractivity contribution in [2.45, 2.75) is 13.0 Å². The SMILES string of the molecule is N#Cc1ccc(NC(=O)N2CCc3[nH]c4ncc(Cl)cc4c3C2)cc1. The number of nitriles is 1. The maximum absolute atomic E-state index is 12.6. The van der Waals surface area contributed by atoms with Crippen molar-refractivity contribution in [2.24, 2.45) is 0 Å². The number of aromatic amines is 1. The number of urea groups is 1. The molecule has 3 heterocycles. The second-order valence-electron chi connectivity index (χ2n) is 5.92. The van der Waals surface area contributed by atoms with Crippen LogP contribution in [0.1, 0.15) is 16.8 Å². The Labute approximate surface area is 149 Å². The lowest BCUT2D eigenvalue weighted by atomic mass is 10.1. The zero-order valence-corrected chi connectivity index (χ0v) is 14.0. The van der Waals surface area contributed by atoms with E-state index in [-0.39, 0.29) is 6.03 Å². The highest BCUT2D eigenvalue weighted by Gasteiger charge is 2.24. The zero-order chi connectivity index (χ0) is 17.4. The molecule has 1 aliphatic rings. The van der Waals surface area contributed by atoms with Crippen molar-refractivity contribution in [3.8, 4) is 6.07 Å². The van der Waals surface area contributed by atoms with E-state index in [1.54, 1.807) is 35.4 Å². The Morgan fingerprint density at radius 2 is 2.16 bits per heavy atom. The van der Waals surface area contributed by atoms with E-state index in [1.807, 2.05) is 6.07 Å². The van der Waals surface area contributed by atoms with Gasteiger partial charge in [-0.25, -0.2) is 9.78 Å². The molecule has 2 N–H and O–H groups in total. The summed E-state index contributed by atoms with van der Waals surface area (Å²) in [6, 6.07) is 10.6. The average Bonchev–Trinajstić information content (AvgIpc) is 2.99. The Morgan fingerprint density at radius 1 is 1.36 bits per heavy atom. The highest BCUT2D eigenvalue weighted by Crippen LogP contribution is 2.28. The first-order chi connectivity index (χ1) is 12.1. The highest BCUT2D eigenvalue weighted by atomic mass is 35.5. The van der Waals surface area contributed by atoms with Crippen LogP contribution in [0.5, 0.6) is 0 Å². The lowest BCUT2D eigenvalue weighted by Gasteiger charge is -2.27. The van der Waals surface area contributed by atoms with Crippen molar-refractivity contribution in [3.63, 3.8) is 0 Å². The number of hydrogen-bond acceptors (Lipinski definition) is 3. The fraction of sp³-hybridized carbons (Fsp3) is 0.167. The molecule has 25 heavy (non-hydrogen) atoms. The molecular weight excluding hydrogens is 338 g/mol. The number of aromatic nitrogens is 2. The summed E-state index contributed by atoms with van der Waals surface area (Å²) in [7, 11) is 0. The number of nitrogens with zero attached hydrogens (tertiary/aromatic N) is 3. The zero-order valence-electron chi connectivity index (χ0n) is 13.2. The molecule has 2 amide bonds. The number of hydrogen-bond donors (Lipinski definition) is 2. The van der Waals surface area contributed by atoms with Gasteiger partial charge in [0.1, 0.15) is 5.65 Å². The van der Waals surface area contributed by atoms with E-state index in [4.69, 9.17) is 16.9 Å². The standard InChI is InChI=1S/C18H14ClN5O/c19-12-7-14-15-10-24(6-5-16(15)23-17(14)21-9-12)18(25)22-13-3-1-11(8-20)2-4-13/h1-4,7,9H,5-6,10H2,(H,21,23)(H,22,25). The second-order valence-corrected chi connectivity index (χ2v) is 6.36. The normalized spacial score (nSPS) is 13.4. The van der Waals surface area contributed by atoms with Gasteiger partial charge in [-0.05, 0) is 30.3 Å². The van der Waals surface area contributed by atoms with E-state index in [0.717, 1.165) is 28.7 Å². The third-order valence-electron chi connectivity index (χ3n) is 4.35. The van der Waals surface area contributed by atoms with E-state index >= 15 is 0 Å². The molecule has 0 saturated carbocycles. The van der Waals surface area contributed by atoms with Crippen LogP contribution in [0.2, 0.25) is 5.02 Å². The van der Waals surface area contributed by atoms with Gasteiger partial charge in [0.05, 0.1) is 16.7 Å².